The second-order valence-corrected chi connectivity index (χ2v) is 5.48. The topological polar surface area (TPSA) is 34.1 Å². The van der Waals surface area contributed by atoms with Crippen molar-refractivity contribution in [1.82, 2.24) is 0 Å². The molecule has 1 aromatic carbocycles. The first-order valence-corrected chi connectivity index (χ1v) is 6.64. The van der Waals surface area contributed by atoms with Crippen molar-refractivity contribution in [3.63, 3.8) is 0 Å². The van der Waals surface area contributed by atoms with Gasteiger partial charge in [-0.05, 0) is 11.6 Å². The molecule has 0 saturated carbocycles. The van der Waals surface area contributed by atoms with E-state index in [0.717, 1.165) is 5.56 Å². The van der Waals surface area contributed by atoms with Crippen LogP contribution in [0.15, 0.2) is 35.2 Å². The first-order valence-electron chi connectivity index (χ1n) is 3.80. The predicted octanol–water partition coefficient (Wildman–Crippen LogP) is 2.83. The van der Waals surface area contributed by atoms with E-state index >= 15 is 0 Å². The van der Waals surface area contributed by atoms with Crippen molar-refractivity contribution in [2.75, 3.05) is 5.88 Å². The van der Waals surface area contributed by atoms with Gasteiger partial charge < -0.3 is 0 Å². The fourth-order valence-corrected chi connectivity index (χ4v) is 2.29. The summed E-state index contributed by atoms with van der Waals surface area (Å²) in [6.07, 6.45) is 1.45. The van der Waals surface area contributed by atoms with Crippen LogP contribution in [0.2, 0.25) is 0 Å². The van der Waals surface area contributed by atoms with Crippen LogP contribution in [0.1, 0.15) is 5.56 Å². The standard InChI is InChI=1S/C9H8Cl2O2S/c10-7-9(14(11,12)13)6-8-4-2-1-3-5-8/h1-6H,7H2/b9-6-. The summed E-state index contributed by atoms with van der Waals surface area (Å²) in [5.41, 5.74) is 0.757. The Morgan fingerprint density at radius 2 is 1.86 bits per heavy atom. The van der Waals surface area contributed by atoms with Crippen molar-refractivity contribution in [3.8, 4) is 0 Å². The molecule has 0 bridgehead atoms. The van der Waals surface area contributed by atoms with Crippen LogP contribution < -0.4 is 0 Å². The molecule has 0 N–H and O–H groups in total. The summed E-state index contributed by atoms with van der Waals surface area (Å²) in [5.74, 6) is -0.124. The molecule has 1 aromatic rings. The van der Waals surface area contributed by atoms with Gasteiger partial charge in [-0.25, -0.2) is 8.42 Å². The van der Waals surface area contributed by atoms with Crippen molar-refractivity contribution >= 4 is 37.4 Å². The summed E-state index contributed by atoms with van der Waals surface area (Å²) in [6, 6.07) is 8.99. The highest BCUT2D eigenvalue weighted by molar-refractivity contribution is 8.17. The van der Waals surface area contributed by atoms with E-state index in [9.17, 15) is 8.42 Å². The van der Waals surface area contributed by atoms with Crippen LogP contribution in [0.3, 0.4) is 0 Å². The molecule has 0 saturated heterocycles. The average Bonchev–Trinajstić information content (AvgIpc) is 2.14. The molecular weight excluding hydrogens is 243 g/mol. The number of rotatable bonds is 3. The Balaban J connectivity index is 3.09. The van der Waals surface area contributed by atoms with E-state index in [1.807, 2.05) is 6.07 Å². The van der Waals surface area contributed by atoms with Gasteiger partial charge in [0.1, 0.15) is 0 Å². The second kappa shape index (κ2) is 4.82. The number of hydrogen-bond donors (Lipinski definition) is 0. The van der Waals surface area contributed by atoms with Crippen molar-refractivity contribution in [1.29, 1.82) is 0 Å². The van der Waals surface area contributed by atoms with Gasteiger partial charge >= 0.3 is 0 Å². The van der Waals surface area contributed by atoms with Crippen LogP contribution >= 0.6 is 22.3 Å². The minimum Gasteiger partial charge on any atom is -0.207 e. The minimum atomic E-state index is -3.71. The van der Waals surface area contributed by atoms with Crippen LogP contribution in [0.4, 0.5) is 0 Å². The molecule has 0 radical (unpaired) electrons. The van der Waals surface area contributed by atoms with Gasteiger partial charge in [-0.3, -0.25) is 0 Å². The molecule has 2 nitrogen and oxygen atoms in total. The van der Waals surface area contributed by atoms with E-state index in [-0.39, 0.29) is 10.8 Å². The van der Waals surface area contributed by atoms with Crippen molar-refractivity contribution in [2.45, 2.75) is 0 Å². The first-order chi connectivity index (χ1) is 6.54. The van der Waals surface area contributed by atoms with Crippen LogP contribution in [0.25, 0.3) is 6.08 Å². The maximum atomic E-state index is 11.0. The second-order valence-electron chi connectivity index (χ2n) is 2.59. The van der Waals surface area contributed by atoms with Gasteiger partial charge in [0.2, 0.25) is 0 Å². The lowest BCUT2D eigenvalue weighted by molar-refractivity contribution is 0.615. The SMILES string of the molecule is O=S(=O)(Cl)/C(=C\c1ccccc1)CCl. The Bertz CT molecular complexity index is 423. The van der Waals surface area contributed by atoms with Gasteiger partial charge in [0.05, 0.1) is 10.8 Å². The highest BCUT2D eigenvalue weighted by Crippen LogP contribution is 2.17. The van der Waals surface area contributed by atoms with Crippen molar-refractivity contribution < 1.29 is 8.42 Å². The quantitative estimate of drug-likeness (QED) is 0.611. The molecule has 0 aliphatic rings. The van der Waals surface area contributed by atoms with Crippen LogP contribution in [-0.4, -0.2) is 14.3 Å². The minimum absolute atomic E-state index is 0.00651. The molecule has 0 atom stereocenters. The number of halogens is 2. The maximum Gasteiger partial charge on any atom is 0.258 e. The normalized spacial score (nSPS) is 12.9. The molecule has 0 spiro atoms. The van der Waals surface area contributed by atoms with Crippen LogP contribution in [-0.2, 0) is 9.05 Å². The molecule has 0 aromatic heterocycles. The van der Waals surface area contributed by atoms with E-state index in [0.29, 0.717) is 0 Å². The van der Waals surface area contributed by atoms with Gasteiger partial charge in [-0.15, -0.1) is 11.6 Å². The molecule has 0 fully saturated rings. The average molecular weight is 251 g/mol. The van der Waals surface area contributed by atoms with Gasteiger partial charge in [0, 0.05) is 10.7 Å². The van der Waals surface area contributed by atoms with E-state index in [1.165, 1.54) is 6.08 Å². The fourth-order valence-electron chi connectivity index (χ4n) is 0.909. The molecule has 0 aliphatic heterocycles. The molecule has 1 rings (SSSR count). The molecule has 0 unspecified atom stereocenters. The summed E-state index contributed by atoms with van der Waals surface area (Å²) < 4.78 is 22.0. The number of alkyl halides is 1. The molecule has 76 valence electrons. The maximum absolute atomic E-state index is 11.0. The highest BCUT2D eigenvalue weighted by atomic mass is 35.7. The van der Waals surface area contributed by atoms with Gasteiger partial charge in [-0.2, -0.15) is 0 Å². The van der Waals surface area contributed by atoms with Gasteiger partial charge in [-0.1, -0.05) is 30.3 Å². The third-order valence-electron chi connectivity index (χ3n) is 1.57. The Morgan fingerprint density at radius 3 is 2.29 bits per heavy atom. The van der Waals surface area contributed by atoms with E-state index < -0.39 is 9.05 Å². The lowest BCUT2D eigenvalue weighted by Crippen LogP contribution is -1.96. The Labute approximate surface area is 92.6 Å². The predicted molar refractivity (Wildman–Crippen MR) is 59.9 cm³/mol. The molecule has 0 heterocycles. The zero-order valence-corrected chi connectivity index (χ0v) is 9.48. The third-order valence-corrected chi connectivity index (χ3v) is 3.50. The van der Waals surface area contributed by atoms with E-state index in [1.54, 1.807) is 24.3 Å². The monoisotopic (exact) mass is 250 g/mol. The smallest absolute Gasteiger partial charge is 0.207 e. The largest absolute Gasteiger partial charge is 0.258 e. The Kier molecular flexibility index (Phi) is 3.98. The molecule has 0 aliphatic carbocycles. The highest BCUT2D eigenvalue weighted by Gasteiger charge is 2.12. The molecule has 14 heavy (non-hydrogen) atoms. The number of allylic oxidation sites excluding steroid dienone is 1. The van der Waals surface area contributed by atoms with E-state index in [4.69, 9.17) is 22.3 Å². The molecular formula is C9H8Cl2O2S. The van der Waals surface area contributed by atoms with Crippen LogP contribution in [0.5, 0.6) is 0 Å². The summed E-state index contributed by atoms with van der Waals surface area (Å²) in [5, 5.41) is 0. The summed E-state index contributed by atoms with van der Waals surface area (Å²) in [4.78, 5) is 0.00651. The van der Waals surface area contributed by atoms with Crippen molar-refractivity contribution in [2.24, 2.45) is 0 Å². The summed E-state index contributed by atoms with van der Waals surface area (Å²) in [7, 11) is 1.46. The summed E-state index contributed by atoms with van der Waals surface area (Å²) >= 11 is 5.47. The first kappa shape index (κ1) is 11.6. The fraction of sp³-hybridized carbons (Fsp3) is 0.111. The van der Waals surface area contributed by atoms with E-state index in [2.05, 4.69) is 0 Å². The zero-order valence-electron chi connectivity index (χ0n) is 7.15. The lowest BCUT2D eigenvalue weighted by Gasteiger charge is -1.98. The number of hydrogen-bond acceptors (Lipinski definition) is 2. The summed E-state index contributed by atoms with van der Waals surface area (Å²) in [6.45, 7) is 0. The molecule has 5 heteroatoms. The third kappa shape index (κ3) is 3.33. The van der Waals surface area contributed by atoms with Gasteiger partial charge in [0.15, 0.2) is 0 Å². The Morgan fingerprint density at radius 1 is 1.29 bits per heavy atom. The Hall–Kier alpha value is -0.510. The van der Waals surface area contributed by atoms with Crippen LogP contribution in [0, 0.1) is 0 Å². The zero-order chi connectivity index (χ0) is 10.6. The lowest BCUT2D eigenvalue weighted by atomic mass is 10.2. The molecule has 0 amide bonds. The van der Waals surface area contributed by atoms with Gasteiger partial charge in [0.25, 0.3) is 9.05 Å². The van der Waals surface area contributed by atoms with Crippen molar-refractivity contribution in [3.05, 3.63) is 40.8 Å². The number of benzene rings is 1.